The van der Waals surface area contributed by atoms with E-state index in [4.69, 9.17) is 23.2 Å². The second-order valence-electron chi connectivity index (χ2n) is 5.52. The summed E-state index contributed by atoms with van der Waals surface area (Å²) in [7, 11) is -1.60. The van der Waals surface area contributed by atoms with Crippen molar-refractivity contribution in [3.8, 4) is 0 Å². The summed E-state index contributed by atoms with van der Waals surface area (Å²) in [5, 5.41) is 0.241. The minimum absolute atomic E-state index is 0.0762. The number of sulfonamides is 1. The van der Waals surface area contributed by atoms with Gasteiger partial charge in [0.2, 0.25) is 10.0 Å². The summed E-state index contributed by atoms with van der Waals surface area (Å²) >= 11 is 11.6. The van der Waals surface area contributed by atoms with E-state index >= 15 is 0 Å². The Bertz CT molecular complexity index is 619. The number of aromatic nitrogens is 1. The number of likely N-dealkylation sites (N-methyl/N-ethyl adjacent to an activating group) is 1. The molecule has 112 valence electrons. The summed E-state index contributed by atoms with van der Waals surface area (Å²) in [6.45, 7) is 5.58. The number of rotatable bonds is 2. The van der Waals surface area contributed by atoms with Crippen LogP contribution in [-0.4, -0.2) is 54.8 Å². The molecule has 5 nitrogen and oxygen atoms in total. The lowest BCUT2D eigenvalue weighted by atomic mass is 10.0. The Morgan fingerprint density at radius 3 is 2.50 bits per heavy atom. The molecule has 1 saturated heterocycles. The van der Waals surface area contributed by atoms with Gasteiger partial charge in [-0.1, -0.05) is 23.2 Å². The molecule has 0 saturated carbocycles. The van der Waals surface area contributed by atoms with Crippen molar-refractivity contribution in [3.63, 3.8) is 0 Å². The molecule has 2 rings (SSSR count). The molecule has 0 bridgehead atoms. The predicted octanol–water partition coefficient (Wildman–Crippen LogP) is 2.10. The molecule has 0 aliphatic carbocycles. The Balaban J connectivity index is 2.33. The normalized spacial score (nSPS) is 21.1. The van der Waals surface area contributed by atoms with Crippen LogP contribution in [0.15, 0.2) is 17.2 Å². The van der Waals surface area contributed by atoms with Crippen LogP contribution in [0.25, 0.3) is 0 Å². The van der Waals surface area contributed by atoms with E-state index in [9.17, 15) is 8.42 Å². The smallest absolute Gasteiger partial charge is 0.244 e. The van der Waals surface area contributed by atoms with Crippen LogP contribution in [0.4, 0.5) is 0 Å². The molecule has 2 heterocycles. The van der Waals surface area contributed by atoms with E-state index in [0.29, 0.717) is 19.6 Å². The molecule has 0 spiro atoms. The zero-order valence-electron chi connectivity index (χ0n) is 11.6. The number of halogens is 2. The molecule has 8 heteroatoms. The fourth-order valence-corrected chi connectivity index (χ4v) is 3.99. The van der Waals surface area contributed by atoms with Crippen molar-refractivity contribution < 1.29 is 8.42 Å². The summed E-state index contributed by atoms with van der Waals surface area (Å²) in [5.41, 5.74) is -0.213. The monoisotopic (exact) mass is 337 g/mol. The van der Waals surface area contributed by atoms with E-state index in [0.717, 1.165) is 0 Å². The maximum Gasteiger partial charge on any atom is 0.244 e. The van der Waals surface area contributed by atoms with Crippen LogP contribution in [0, 0.1) is 0 Å². The molecule has 0 N–H and O–H groups in total. The zero-order valence-corrected chi connectivity index (χ0v) is 13.9. The highest BCUT2D eigenvalue weighted by Crippen LogP contribution is 2.27. The van der Waals surface area contributed by atoms with E-state index in [1.807, 2.05) is 20.9 Å². The molecule has 1 aliphatic heterocycles. The van der Waals surface area contributed by atoms with Gasteiger partial charge in [0.05, 0.1) is 5.02 Å². The van der Waals surface area contributed by atoms with Gasteiger partial charge in [-0.05, 0) is 27.0 Å². The Morgan fingerprint density at radius 2 is 1.95 bits per heavy atom. The molecule has 0 amide bonds. The lowest BCUT2D eigenvalue weighted by Gasteiger charge is -2.44. The van der Waals surface area contributed by atoms with Crippen molar-refractivity contribution in [1.82, 2.24) is 14.2 Å². The van der Waals surface area contributed by atoms with E-state index in [-0.39, 0.29) is 20.6 Å². The molecule has 0 aromatic carbocycles. The Hall–Kier alpha value is -0.400. The van der Waals surface area contributed by atoms with Gasteiger partial charge in [-0.15, -0.1) is 0 Å². The summed E-state index contributed by atoms with van der Waals surface area (Å²) in [5.74, 6) is 0. The van der Waals surface area contributed by atoms with Crippen LogP contribution < -0.4 is 0 Å². The summed E-state index contributed by atoms with van der Waals surface area (Å²) in [6.07, 6.45) is 1.24. The molecule has 1 aromatic heterocycles. The Kier molecular flexibility index (Phi) is 4.33. The van der Waals surface area contributed by atoms with Gasteiger partial charge in [0.1, 0.15) is 10.0 Å². The van der Waals surface area contributed by atoms with Gasteiger partial charge in [0.25, 0.3) is 0 Å². The third-order valence-corrected chi connectivity index (χ3v) is 6.19. The first kappa shape index (κ1) is 16.0. The molecule has 0 unspecified atom stereocenters. The molecule has 20 heavy (non-hydrogen) atoms. The van der Waals surface area contributed by atoms with Crippen molar-refractivity contribution in [2.45, 2.75) is 24.3 Å². The zero-order chi connectivity index (χ0) is 15.1. The lowest BCUT2D eigenvalue weighted by Crippen LogP contribution is -2.58. The van der Waals surface area contributed by atoms with Crippen molar-refractivity contribution in [2.24, 2.45) is 0 Å². The fourth-order valence-electron chi connectivity index (χ4n) is 2.09. The van der Waals surface area contributed by atoms with Crippen LogP contribution in [-0.2, 0) is 10.0 Å². The standard InChI is InChI=1S/C12H17Cl2N3O2S/c1-12(2)8-17(5-4-16(12)3)20(18,19)9-6-10(13)11(14)15-7-9/h6-7H,4-5,8H2,1-3H3. The average molecular weight is 338 g/mol. The highest BCUT2D eigenvalue weighted by atomic mass is 35.5. The van der Waals surface area contributed by atoms with Crippen molar-refractivity contribution in [2.75, 3.05) is 26.7 Å². The maximum absolute atomic E-state index is 12.6. The Labute approximate surface area is 129 Å². The first-order chi connectivity index (χ1) is 9.14. The van der Waals surface area contributed by atoms with Gasteiger partial charge in [-0.25, -0.2) is 13.4 Å². The van der Waals surface area contributed by atoms with Gasteiger partial charge in [-0.2, -0.15) is 4.31 Å². The topological polar surface area (TPSA) is 53.5 Å². The first-order valence-corrected chi connectivity index (χ1v) is 8.36. The van der Waals surface area contributed by atoms with Crippen molar-refractivity contribution in [1.29, 1.82) is 0 Å². The molecular weight excluding hydrogens is 321 g/mol. The molecule has 1 aromatic rings. The van der Waals surface area contributed by atoms with Crippen LogP contribution in [0.3, 0.4) is 0 Å². The average Bonchev–Trinajstić information content (AvgIpc) is 2.35. The second kappa shape index (κ2) is 5.42. The number of piperazine rings is 1. The van der Waals surface area contributed by atoms with Gasteiger partial charge in [0, 0.05) is 31.4 Å². The first-order valence-electron chi connectivity index (χ1n) is 6.17. The molecule has 0 atom stereocenters. The maximum atomic E-state index is 12.6. The van der Waals surface area contributed by atoms with Crippen LogP contribution in [0.1, 0.15) is 13.8 Å². The van der Waals surface area contributed by atoms with E-state index in [1.54, 1.807) is 0 Å². The number of hydrogen-bond acceptors (Lipinski definition) is 4. The highest BCUT2D eigenvalue weighted by Gasteiger charge is 2.37. The highest BCUT2D eigenvalue weighted by molar-refractivity contribution is 7.89. The number of hydrogen-bond donors (Lipinski definition) is 0. The van der Waals surface area contributed by atoms with E-state index < -0.39 is 10.0 Å². The Morgan fingerprint density at radius 1 is 1.30 bits per heavy atom. The van der Waals surface area contributed by atoms with Gasteiger partial charge in [0.15, 0.2) is 0 Å². The van der Waals surface area contributed by atoms with Gasteiger partial charge in [-0.3, -0.25) is 4.90 Å². The van der Waals surface area contributed by atoms with Gasteiger partial charge < -0.3 is 0 Å². The van der Waals surface area contributed by atoms with Crippen molar-refractivity contribution >= 4 is 33.2 Å². The van der Waals surface area contributed by atoms with E-state index in [2.05, 4.69) is 9.88 Å². The fraction of sp³-hybridized carbons (Fsp3) is 0.583. The number of nitrogens with zero attached hydrogens (tertiary/aromatic N) is 3. The molecule has 1 fully saturated rings. The lowest BCUT2D eigenvalue weighted by molar-refractivity contribution is 0.0801. The largest absolute Gasteiger partial charge is 0.299 e. The summed E-state index contributed by atoms with van der Waals surface area (Å²) < 4.78 is 26.7. The SMILES string of the molecule is CN1CCN(S(=O)(=O)c2cnc(Cl)c(Cl)c2)CC1(C)C. The summed E-state index contributed by atoms with van der Waals surface area (Å²) in [4.78, 5) is 6.03. The molecule has 0 radical (unpaired) electrons. The number of pyridine rings is 1. The third-order valence-electron chi connectivity index (χ3n) is 3.69. The quantitative estimate of drug-likeness (QED) is 0.775. The van der Waals surface area contributed by atoms with E-state index in [1.165, 1.54) is 16.6 Å². The third kappa shape index (κ3) is 2.94. The van der Waals surface area contributed by atoms with Crippen molar-refractivity contribution in [3.05, 3.63) is 22.4 Å². The predicted molar refractivity (Wildman–Crippen MR) is 79.7 cm³/mol. The van der Waals surface area contributed by atoms with Gasteiger partial charge >= 0.3 is 0 Å². The summed E-state index contributed by atoms with van der Waals surface area (Å²) in [6, 6.07) is 1.34. The van der Waals surface area contributed by atoms with Crippen LogP contribution in [0.2, 0.25) is 10.2 Å². The molecule has 1 aliphatic rings. The van der Waals surface area contributed by atoms with Crippen LogP contribution in [0.5, 0.6) is 0 Å². The second-order valence-corrected chi connectivity index (χ2v) is 8.22. The minimum Gasteiger partial charge on any atom is -0.299 e. The van der Waals surface area contributed by atoms with Crippen LogP contribution >= 0.6 is 23.2 Å². The minimum atomic E-state index is -3.59. The molecular formula is C12H17Cl2N3O2S.